The highest BCUT2D eigenvalue weighted by atomic mass is 16.7. The monoisotopic (exact) mass is 498 g/mol. The lowest BCUT2D eigenvalue weighted by atomic mass is 10.0. The van der Waals surface area contributed by atoms with Gasteiger partial charge < -0.3 is 25.0 Å². The minimum Gasteiger partial charge on any atom is -0.462 e. The zero-order valence-corrected chi connectivity index (χ0v) is 20.9. The molecule has 9 heteroatoms. The first kappa shape index (κ1) is 24.3. The van der Waals surface area contributed by atoms with Crippen LogP contribution in [-0.2, 0) is 15.9 Å². The number of hydrogen-bond acceptors (Lipinski definition) is 7. The minimum absolute atomic E-state index is 0.105. The molecule has 37 heavy (non-hydrogen) atoms. The number of rotatable bonds is 10. The maximum absolute atomic E-state index is 12.7. The van der Waals surface area contributed by atoms with E-state index in [2.05, 4.69) is 27.9 Å². The number of carbonyl (C=O) groups excluding carboxylic acids is 1. The molecule has 190 valence electrons. The zero-order valence-electron chi connectivity index (χ0n) is 20.9. The van der Waals surface area contributed by atoms with E-state index in [9.17, 15) is 4.79 Å². The fourth-order valence-corrected chi connectivity index (χ4v) is 4.16. The van der Waals surface area contributed by atoms with Crippen molar-refractivity contribution in [2.24, 2.45) is 0 Å². The molecule has 0 spiro atoms. The third kappa shape index (κ3) is 5.90. The van der Waals surface area contributed by atoms with Crippen molar-refractivity contribution in [3.63, 3.8) is 0 Å². The predicted octanol–water partition coefficient (Wildman–Crippen LogP) is 3.56. The molecule has 1 unspecified atom stereocenters. The van der Waals surface area contributed by atoms with Crippen molar-refractivity contribution in [3.8, 4) is 11.1 Å². The Hall–Kier alpha value is -4.37. The molecule has 1 atom stereocenters. The molecule has 4 aromatic rings. The SMILES string of the molecule is CN(C)CCNC(=O)c1cccc(-c2cnn3ccc(NC(Cc4ccccc4)C4=COCO4)nc23)c1. The number of amides is 1. The van der Waals surface area contributed by atoms with Crippen LogP contribution >= 0.6 is 0 Å². The second-order valence-electron chi connectivity index (χ2n) is 9.11. The number of likely N-dealkylation sites (N-methyl/N-ethyl adjacent to an activating group) is 1. The summed E-state index contributed by atoms with van der Waals surface area (Å²) in [6.07, 6.45) is 6.00. The van der Waals surface area contributed by atoms with Crippen LogP contribution in [0.4, 0.5) is 5.82 Å². The summed E-state index contributed by atoms with van der Waals surface area (Å²) in [5, 5.41) is 10.9. The Morgan fingerprint density at radius 1 is 1.14 bits per heavy atom. The molecule has 2 N–H and O–H groups in total. The number of fused-ring (bicyclic) bond motifs is 1. The second kappa shape index (κ2) is 11.1. The van der Waals surface area contributed by atoms with Gasteiger partial charge in [0.1, 0.15) is 12.1 Å². The van der Waals surface area contributed by atoms with Gasteiger partial charge in [-0.1, -0.05) is 42.5 Å². The van der Waals surface area contributed by atoms with Crippen molar-refractivity contribution in [1.82, 2.24) is 24.8 Å². The van der Waals surface area contributed by atoms with E-state index < -0.39 is 0 Å². The first-order chi connectivity index (χ1) is 18.1. The second-order valence-corrected chi connectivity index (χ2v) is 9.11. The highest BCUT2D eigenvalue weighted by Gasteiger charge is 2.22. The molecule has 1 aliphatic heterocycles. The van der Waals surface area contributed by atoms with Crippen molar-refractivity contribution in [2.75, 3.05) is 39.3 Å². The average molecular weight is 499 g/mol. The van der Waals surface area contributed by atoms with E-state index in [1.54, 1.807) is 17.0 Å². The van der Waals surface area contributed by atoms with Gasteiger partial charge in [-0.3, -0.25) is 4.79 Å². The van der Waals surface area contributed by atoms with E-state index >= 15 is 0 Å². The Kier molecular flexibility index (Phi) is 7.32. The molecule has 1 aliphatic rings. The van der Waals surface area contributed by atoms with Gasteiger partial charge in [-0.2, -0.15) is 5.10 Å². The van der Waals surface area contributed by atoms with Crippen molar-refractivity contribution in [2.45, 2.75) is 12.5 Å². The summed E-state index contributed by atoms with van der Waals surface area (Å²) in [7, 11) is 3.95. The number of nitrogens with zero attached hydrogens (tertiary/aromatic N) is 4. The van der Waals surface area contributed by atoms with Crippen LogP contribution in [0.25, 0.3) is 16.8 Å². The lowest BCUT2D eigenvalue weighted by molar-refractivity contribution is 0.0764. The number of aromatic nitrogens is 3. The van der Waals surface area contributed by atoms with Crippen molar-refractivity contribution < 1.29 is 14.3 Å². The molecule has 0 bridgehead atoms. The third-order valence-electron chi connectivity index (χ3n) is 6.09. The molecule has 3 heterocycles. The highest BCUT2D eigenvalue weighted by molar-refractivity contribution is 5.96. The normalized spacial score (nSPS) is 13.6. The molecule has 0 saturated heterocycles. The lowest BCUT2D eigenvalue weighted by Gasteiger charge is -2.19. The van der Waals surface area contributed by atoms with E-state index in [-0.39, 0.29) is 18.7 Å². The molecule has 2 aromatic carbocycles. The maximum Gasteiger partial charge on any atom is 0.251 e. The van der Waals surface area contributed by atoms with Crippen molar-refractivity contribution in [1.29, 1.82) is 0 Å². The molecule has 5 rings (SSSR count). The number of hydrogen-bond donors (Lipinski definition) is 2. The molecule has 0 aliphatic carbocycles. The van der Waals surface area contributed by atoms with Crippen LogP contribution in [0, 0.1) is 0 Å². The number of benzene rings is 2. The maximum atomic E-state index is 12.7. The number of carbonyl (C=O) groups is 1. The fraction of sp³-hybridized carbons (Fsp3) is 0.250. The van der Waals surface area contributed by atoms with Gasteiger partial charge in [0.15, 0.2) is 11.4 Å². The van der Waals surface area contributed by atoms with Crippen LogP contribution in [0.1, 0.15) is 15.9 Å². The summed E-state index contributed by atoms with van der Waals surface area (Å²) >= 11 is 0. The molecule has 0 saturated carbocycles. The van der Waals surface area contributed by atoms with Gasteiger partial charge >= 0.3 is 0 Å². The van der Waals surface area contributed by atoms with Gasteiger partial charge in [0.05, 0.1) is 12.2 Å². The number of anilines is 1. The average Bonchev–Trinajstić information content (AvgIpc) is 3.59. The van der Waals surface area contributed by atoms with Gasteiger partial charge in [0.2, 0.25) is 6.79 Å². The van der Waals surface area contributed by atoms with E-state index in [0.717, 1.165) is 23.4 Å². The Labute approximate surface area is 215 Å². The Morgan fingerprint density at radius 2 is 2.00 bits per heavy atom. The Bertz CT molecular complexity index is 1400. The molecule has 1 amide bonds. The van der Waals surface area contributed by atoms with Gasteiger partial charge in [-0.25, -0.2) is 9.50 Å². The number of nitrogens with one attached hydrogen (secondary N) is 2. The molecular weight excluding hydrogens is 468 g/mol. The lowest BCUT2D eigenvalue weighted by Crippen LogP contribution is -2.31. The van der Waals surface area contributed by atoms with Gasteiger partial charge in [0, 0.05) is 30.4 Å². The zero-order chi connectivity index (χ0) is 25.6. The summed E-state index contributed by atoms with van der Waals surface area (Å²) in [5.41, 5.74) is 4.16. The molecule has 9 nitrogen and oxygen atoms in total. The van der Waals surface area contributed by atoms with Crippen LogP contribution < -0.4 is 10.6 Å². The summed E-state index contributed by atoms with van der Waals surface area (Å²) in [4.78, 5) is 19.6. The number of ether oxygens (including phenoxy) is 2. The third-order valence-corrected chi connectivity index (χ3v) is 6.09. The summed E-state index contributed by atoms with van der Waals surface area (Å²) in [6, 6.07) is 19.5. The fourth-order valence-electron chi connectivity index (χ4n) is 4.16. The van der Waals surface area contributed by atoms with Gasteiger partial charge in [-0.15, -0.1) is 0 Å². The largest absolute Gasteiger partial charge is 0.462 e. The van der Waals surface area contributed by atoms with Gasteiger partial charge in [-0.05, 0) is 49.8 Å². The highest BCUT2D eigenvalue weighted by Crippen LogP contribution is 2.26. The Morgan fingerprint density at radius 3 is 2.78 bits per heavy atom. The molecule has 0 fully saturated rings. The van der Waals surface area contributed by atoms with Crippen molar-refractivity contribution >= 4 is 17.4 Å². The van der Waals surface area contributed by atoms with E-state index in [0.29, 0.717) is 30.0 Å². The molecular formula is C28H30N6O3. The summed E-state index contributed by atoms with van der Waals surface area (Å²) in [6.45, 7) is 1.57. The van der Waals surface area contributed by atoms with Crippen LogP contribution in [-0.4, -0.2) is 65.4 Å². The van der Waals surface area contributed by atoms with E-state index in [1.165, 1.54) is 5.56 Å². The standard InChI is InChI=1S/C28H30N6O3/c1-33(2)14-12-29-28(35)22-10-6-9-21(16-22)23-17-30-34-13-11-26(32-27(23)34)31-24(25-18-36-19-37-25)15-20-7-4-3-5-8-20/h3-11,13,16-18,24H,12,14-15,19H2,1-2H3,(H,29,35)(H,31,32). The van der Waals surface area contributed by atoms with E-state index in [4.69, 9.17) is 14.5 Å². The summed E-state index contributed by atoms with van der Waals surface area (Å²) < 4.78 is 12.7. The Balaban J connectivity index is 1.39. The van der Waals surface area contributed by atoms with Gasteiger partial charge in [0.25, 0.3) is 5.91 Å². The quantitative estimate of drug-likeness (QED) is 0.345. The van der Waals surface area contributed by atoms with Crippen LogP contribution in [0.5, 0.6) is 0 Å². The first-order valence-corrected chi connectivity index (χ1v) is 12.2. The van der Waals surface area contributed by atoms with Crippen molar-refractivity contribution in [3.05, 3.63) is 96.2 Å². The van der Waals surface area contributed by atoms with Crippen LogP contribution in [0.2, 0.25) is 0 Å². The van der Waals surface area contributed by atoms with E-state index in [1.807, 2.05) is 73.7 Å². The predicted molar refractivity (Wildman–Crippen MR) is 142 cm³/mol. The minimum atomic E-state index is -0.152. The molecule has 0 radical (unpaired) electrons. The van der Waals surface area contributed by atoms with Crippen LogP contribution in [0.3, 0.4) is 0 Å². The first-order valence-electron chi connectivity index (χ1n) is 12.2. The smallest absolute Gasteiger partial charge is 0.251 e. The summed E-state index contributed by atoms with van der Waals surface area (Å²) in [5.74, 6) is 1.31. The van der Waals surface area contributed by atoms with Crippen LogP contribution in [0.15, 0.2) is 85.1 Å². The molecule has 2 aromatic heterocycles. The topological polar surface area (TPSA) is 93.0 Å².